The van der Waals surface area contributed by atoms with E-state index >= 15 is 0 Å². The number of aryl methyl sites for hydroxylation is 2. The van der Waals surface area contributed by atoms with E-state index in [1.165, 1.54) is 4.68 Å². The molecule has 0 unspecified atom stereocenters. The van der Waals surface area contributed by atoms with E-state index in [0.717, 1.165) is 0 Å². The Balaban J connectivity index is 2.03. The summed E-state index contributed by atoms with van der Waals surface area (Å²) >= 11 is 0. The van der Waals surface area contributed by atoms with Crippen LogP contribution in [0.25, 0.3) is 5.82 Å². The molecule has 0 radical (unpaired) electrons. The summed E-state index contributed by atoms with van der Waals surface area (Å²) in [6, 6.07) is 13.0. The number of ether oxygens (including phenoxy) is 1. The van der Waals surface area contributed by atoms with Crippen molar-refractivity contribution in [2.45, 2.75) is 13.8 Å². The van der Waals surface area contributed by atoms with E-state index < -0.39 is 0 Å². The van der Waals surface area contributed by atoms with E-state index in [-0.39, 0.29) is 5.82 Å². The highest BCUT2D eigenvalue weighted by atomic mass is 16.5. The zero-order valence-electron chi connectivity index (χ0n) is 12.7. The van der Waals surface area contributed by atoms with Crippen LogP contribution in [0.1, 0.15) is 17.1 Å². The average Bonchev–Trinajstić information content (AvgIpc) is 2.82. The number of rotatable bonds is 3. The van der Waals surface area contributed by atoms with Gasteiger partial charge >= 0.3 is 0 Å². The minimum absolute atomic E-state index is 0.244. The van der Waals surface area contributed by atoms with Gasteiger partial charge < -0.3 is 10.5 Å². The van der Waals surface area contributed by atoms with Gasteiger partial charge in [-0.15, -0.1) is 0 Å². The van der Waals surface area contributed by atoms with Crippen molar-refractivity contribution >= 4 is 5.82 Å². The average molecular weight is 306 g/mol. The molecule has 0 atom stereocenters. The first-order valence-corrected chi connectivity index (χ1v) is 6.92. The fourth-order valence-electron chi connectivity index (χ4n) is 2.15. The number of nitriles is 1. The molecule has 0 spiro atoms. The Hall–Kier alpha value is -3.40. The quantitative estimate of drug-likeness (QED) is 0.797. The monoisotopic (exact) mass is 306 g/mol. The lowest BCUT2D eigenvalue weighted by atomic mass is 10.3. The molecule has 0 saturated heterocycles. The summed E-state index contributed by atoms with van der Waals surface area (Å²) in [7, 11) is 0. The van der Waals surface area contributed by atoms with Crippen LogP contribution in [0, 0.1) is 25.2 Å². The van der Waals surface area contributed by atoms with Crippen LogP contribution in [0.5, 0.6) is 11.6 Å². The molecule has 2 aromatic heterocycles. The fourth-order valence-corrected chi connectivity index (χ4v) is 2.15. The number of nitrogen functional groups attached to an aromatic ring is 1. The van der Waals surface area contributed by atoms with Gasteiger partial charge in [-0.2, -0.15) is 20.0 Å². The largest absolute Gasteiger partial charge is 0.439 e. The highest BCUT2D eigenvalue weighted by Gasteiger charge is 2.15. The van der Waals surface area contributed by atoms with Crippen molar-refractivity contribution in [1.82, 2.24) is 19.7 Å². The second kappa shape index (κ2) is 5.77. The highest BCUT2D eigenvalue weighted by Crippen LogP contribution is 2.23. The number of nitrogens with two attached hydrogens (primary N) is 1. The van der Waals surface area contributed by atoms with Crippen molar-refractivity contribution in [2.75, 3.05) is 5.73 Å². The van der Waals surface area contributed by atoms with Crippen LogP contribution in [0.15, 0.2) is 36.4 Å². The molecule has 0 amide bonds. The molecule has 3 rings (SSSR count). The standard InChI is InChI=1S/C16H14N6O/c1-10-13(9-17)16(18)22(21-10)14-8-15(20-11(2)19-14)23-12-6-4-3-5-7-12/h3-8H,18H2,1-2H3. The molecule has 1 aromatic carbocycles. The van der Waals surface area contributed by atoms with Gasteiger partial charge in [0.2, 0.25) is 5.88 Å². The van der Waals surface area contributed by atoms with Crippen LogP contribution in [-0.2, 0) is 0 Å². The Bertz CT molecular complexity index is 895. The van der Waals surface area contributed by atoms with Crippen LogP contribution in [0.2, 0.25) is 0 Å². The number of aromatic nitrogens is 4. The van der Waals surface area contributed by atoms with E-state index in [4.69, 9.17) is 15.7 Å². The van der Waals surface area contributed by atoms with E-state index in [1.807, 2.05) is 36.4 Å². The third-order valence-electron chi connectivity index (χ3n) is 3.19. The lowest BCUT2D eigenvalue weighted by Crippen LogP contribution is -2.07. The summed E-state index contributed by atoms with van der Waals surface area (Å²) in [4.78, 5) is 8.57. The van der Waals surface area contributed by atoms with Gasteiger partial charge in [0.25, 0.3) is 0 Å². The van der Waals surface area contributed by atoms with Gasteiger partial charge in [-0.25, -0.2) is 4.98 Å². The second-order valence-electron chi connectivity index (χ2n) is 4.90. The van der Waals surface area contributed by atoms with Crippen molar-refractivity contribution < 1.29 is 4.74 Å². The molecule has 7 heteroatoms. The molecule has 0 saturated carbocycles. The van der Waals surface area contributed by atoms with Gasteiger partial charge in [-0.1, -0.05) is 18.2 Å². The minimum atomic E-state index is 0.244. The van der Waals surface area contributed by atoms with Crippen molar-refractivity contribution in [3.8, 4) is 23.5 Å². The Morgan fingerprint density at radius 2 is 1.91 bits per heavy atom. The molecule has 3 aromatic rings. The Morgan fingerprint density at radius 1 is 1.17 bits per heavy atom. The smallest absolute Gasteiger partial charge is 0.224 e. The third kappa shape index (κ3) is 2.82. The molecule has 7 nitrogen and oxygen atoms in total. The second-order valence-corrected chi connectivity index (χ2v) is 4.90. The van der Waals surface area contributed by atoms with Gasteiger partial charge in [-0.3, -0.25) is 0 Å². The number of hydrogen-bond donors (Lipinski definition) is 1. The first-order chi connectivity index (χ1) is 11.1. The first-order valence-electron chi connectivity index (χ1n) is 6.92. The van der Waals surface area contributed by atoms with E-state index in [9.17, 15) is 0 Å². The van der Waals surface area contributed by atoms with Crippen molar-refractivity contribution in [1.29, 1.82) is 5.26 Å². The highest BCUT2D eigenvalue weighted by molar-refractivity contribution is 5.55. The predicted octanol–water partition coefficient (Wildman–Crippen LogP) is 2.53. The Kier molecular flexibility index (Phi) is 3.65. The Labute approximate surface area is 133 Å². The number of hydrogen-bond acceptors (Lipinski definition) is 6. The molecule has 23 heavy (non-hydrogen) atoms. The van der Waals surface area contributed by atoms with Gasteiger partial charge in [0.15, 0.2) is 5.82 Å². The lowest BCUT2D eigenvalue weighted by Gasteiger charge is -2.08. The lowest BCUT2D eigenvalue weighted by molar-refractivity contribution is 0.459. The number of nitrogens with zero attached hydrogens (tertiary/aromatic N) is 5. The van der Waals surface area contributed by atoms with Crippen LogP contribution >= 0.6 is 0 Å². The van der Waals surface area contributed by atoms with Gasteiger partial charge in [0.1, 0.15) is 29.0 Å². The van der Waals surface area contributed by atoms with Crippen LogP contribution < -0.4 is 10.5 Å². The molecule has 0 aliphatic rings. The maximum absolute atomic E-state index is 9.12. The molecule has 114 valence electrons. The predicted molar refractivity (Wildman–Crippen MR) is 84.3 cm³/mol. The first kappa shape index (κ1) is 14.5. The maximum atomic E-state index is 9.12. The van der Waals surface area contributed by atoms with Crippen molar-refractivity contribution in [2.24, 2.45) is 0 Å². The third-order valence-corrected chi connectivity index (χ3v) is 3.19. The van der Waals surface area contributed by atoms with Crippen LogP contribution in [0.3, 0.4) is 0 Å². The molecule has 0 aliphatic heterocycles. The zero-order chi connectivity index (χ0) is 16.4. The summed E-state index contributed by atoms with van der Waals surface area (Å²) in [5.74, 6) is 2.25. The van der Waals surface area contributed by atoms with E-state index in [1.54, 1.807) is 19.9 Å². The number of benzene rings is 1. The van der Waals surface area contributed by atoms with Gasteiger partial charge in [-0.05, 0) is 26.0 Å². The van der Waals surface area contributed by atoms with Gasteiger partial charge in [0, 0.05) is 6.07 Å². The van der Waals surface area contributed by atoms with E-state index in [2.05, 4.69) is 15.1 Å². The van der Waals surface area contributed by atoms with E-state index in [0.29, 0.717) is 34.5 Å². The van der Waals surface area contributed by atoms with Crippen molar-refractivity contribution in [3.63, 3.8) is 0 Å². The number of anilines is 1. The summed E-state index contributed by atoms with van der Waals surface area (Å²) in [6.45, 7) is 3.47. The molecular formula is C16H14N6O. The zero-order valence-corrected chi connectivity index (χ0v) is 12.7. The summed E-state index contributed by atoms with van der Waals surface area (Å²) in [5, 5.41) is 13.4. The molecule has 0 aliphatic carbocycles. The fraction of sp³-hybridized carbons (Fsp3) is 0.125. The molecular weight excluding hydrogens is 292 g/mol. The Morgan fingerprint density at radius 3 is 2.57 bits per heavy atom. The SMILES string of the molecule is Cc1nc(Oc2ccccc2)cc(-n2nc(C)c(C#N)c2N)n1. The summed E-state index contributed by atoms with van der Waals surface area (Å²) in [6.07, 6.45) is 0. The molecule has 2 heterocycles. The van der Waals surface area contributed by atoms with Crippen LogP contribution in [-0.4, -0.2) is 19.7 Å². The van der Waals surface area contributed by atoms with Crippen molar-refractivity contribution in [3.05, 3.63) is 53.5 Å². The molecule has 0 fully saturated rings. The maximum Gasteiger partial charge on any atom is 0.224 e. The normalized spacial score (nSPS) is 10.3. The van der Waals surface area contributed by atoms with Crippen LogP contribution in [0.4, 0.5) is 5.82 Å². The molecule has 2 N–H and O–H groups in total. The number of para-hydroxylation sites is 1. The topological polar surface area (TPSA) is 103 Å². The summed E-state index contributed by atoms with van der Waals surface area (Å²) in [5.41, 5.74) is 6.86. The summed E-state index contributed by atoms with van der Waals surface area (Å²) < 4.78 is 7.14. The van der Waals surface area contributed by atoms with Gasteiger partial charge in [0.05, 0.1) is 5.69 Å². The minimum Gasteiger partial charge on any atom is -0.439 e. The molecule has 0 bridgehead atoms.